The van der Waals surface area contributed by atoms with Crippen LogP contribution >= 0.6 is 0 Å². The van der Waals surface area contributed by atoms with Gasteiger partial charge in [-0.2, -0.15) is 0 Å². The first-order valence-corrected chi connectivity index (χ1v) is 6.96. The van der Waals surface area contributed by atoms with E-state index >= 15 is 0 Å². The van der Waals surface area contributed by atoms with Gasteiger partial charge in [0.25, 0.3) is 0 Å². The smallest absolute Gasteiger partial charge is 0.136 e. The number of ketones is 1. The molecule has 0 bridgehead atoms. The summed E-state index contributed by atoms with van der Waals surface area (Å²) in [7, 11) is 0. The molecule has 0 aromatic carbocycles. The lowest BCUT2D eigenvalue weighted by molar-refractivity contribution is -0.124. The minimum absolute atomic E-state index is 0.394. The zero-order chi connectivity index (χ0) is 11.2. The summed E-state index contributed by atoms with van der Waals surface area (Å²) in [5, 5.41) is 0. The fourth-order valence-corrected chi connectivity index (χ4v) is 3.00. The molecular weight excluding hydrogens is 200 g/mol. The molecule has 0 amide bonds. The zero-order valence-electron chi connectivity index (χ0n) is 10.2. The molecule has 2 fully saturated rings. The summed E-state index contributed by atoms with van der Waals surface area (Å²) in [5.74, 6) is 1.56. The summed E-state index contributed by atoms with van der Waals surface area (Å²) in [6, 6.07) is 0. The zero-order valence-corrected chi connectivity index (χ0v) is 10.2. The highest BCUT2D eigenvalue weighted by atomic mass is 16.5. The van der Waals surface area contributed by atoms with Crippen LogP contribution in [0.25, 0.3) is 0 Å². The second-order valence-electron chi connectivity index (χ2n) is 5.41. The maximum absolute atomic E-state index is 12.2. The number of carbonyl (C=O) groups excluding carboxylic acids is 1. The van der Waals surface area contributed by atoms with E-state index in [-0.39, 0.29) is 0 Å². The number of rotatable bonds is 3. The van der Waals surface area contributed by atoms with E-state index in [0.29, 0.717) is 17.6 Å². The van der Waals surface area contributed by atoms with Gasteiger partial charge < -0.3 is 4.74 Å². The van der Waals surface area contributed by atoms with Crippen LogP contribution in [-0.2, 0) is 9.53 Å². The van der Waals surface area contributed by atoms with E-state index in [9.17, 15) is 4.79 Å². The van der Waals surface area contributed by atoms with Crippen molar-refractivity contribution in [3.05, 3.63) is 0 Å². The average Bonchev–Trinajstić information content (AvgIpc) is 2.59. The minimum atomic E-state index is 0.394. The van der Waals surface area contributed by atoms with Gasteiger partial charge in [-0.25, -0.2) is 0 Å². The van der Waals surface area contributed by atoms with Crippen LogP contribution in [0.5, 0.6) is 0 Å². The van der Waals surface area contributed by atoms with Gasteiger partial charge in [0.1, 0.15) is 5.78 Å². The van der Waals surface area contributed by atoms with E-state index < -0.39 is 0 Å². The van der Waals surface area contributed by atoms with Crippen LogP contribution in [0, 0.1) is 11.8 Å². The molecule has 92 valence electrons. The van der Waals surface area contributed by atoms with Gasteiger partial charge in [-0.05, 0) is 31.6 Å². The predicted molar refractivity (Wildman–Crippen MR) is 64.4 cm³/mol. The van der Waals surface area contributed by atoms with Gasteiger partial charge in [-0.15, -0.1) is 0 Å². The van der Waals surface area contributed by atoms with Gasteiger partial charge in [-0.1, -0.05) is 25.7 Å². The van der Waals surface area contributed by atoms with E-state index in [1.165, 1.54) is 25.7 Å². The van der Waals surface area contributed by atoms with Crippen molar-refractivity contribution in [1.29, 1.82) is 0 Å². The van der Waals surface area contributed by atoms with E-state index in [4.69, 9.17) is 4.74 Å². The number of Topliss-reactive ketones (excluding diaryl/α,β-unsaturated/α-hetero) is 1. The second-order valence-corrected chi connectivity index (χ2v) is 5.41. The molecule has 0 aromatic heterocycles. The molecule has 0 N–H and O–H groups in total. The summed E-state index contributed by atoms with van der Waals surface area (Å²) in [6.45, 7) is 1.73. The molecule has 0 radical (unpaired) electrons. The van der Waals surface area contributed by atoms with Crippen molar-refractivity contribution in [3.8, 4) is 0 Å². The number of carbonyl (C=O) groups is 1. The van der Waals surface area contributed by atoms with Crippen LogP contribution in [0.15, 0.2) is 0 Å². The topological polar surface area (TPSA) is 26.3 Å². The van der Waals surface area contributed by atoms with Crippen molar-refractivity contribution in [1.82, 2.24) is 0 Å². The maximum Gasteiger partial charge on any atom is 0.136 e. The molecule has 2 rings (SSSR count). The number of hydrogen-bond acceptors (Lipinski definition) is 2. The van der Waals surface area contributed by atoms with Crippen molar-refractivity contribution in [2.75, 3.05) is 13.2 Å². The van der Waals surface area contributed by atoms with Crippen LogP contribution in [0.3, 0.4) is 0 Å². The molecule has 1 aliphatic carbocycles. The van der Waals surface area contributed by atoms with Crippen LogP contribution in [0.2, 0.25) is 0 Å². The largest absolute Gasteiger partial charge is 0.381 e. The first-order valence-electron chi connectivity index (χ1n) is 6.96. The van der Waals surface area contributed by atoms with Crippen molar-refractivity contribution in [2.45, 2.75) is 57.8 Å². The van der Waals surface area contributed by atoms with Crippen LogP contribution in [0.4, 0.5) is 0 Å². The molecule has 1 saturated heterocycles. The quantitative estimate of drug-likeness (QED) is 0.687. The highest BCUT2D eigenvalue weighted by Gasteiger charge is 2.24. The van der Waals surface area contributed by atoms with Crippen LogP contribution < -0.4 is 0 Å². The monoisotopic (exact) mass is 224 g/mol. The average molecular weight is 224 g/mol. The molecule has 0 unspecified atom stereocenters. The molecule has 1 heterocycles. The SMILES string of the molecule is O=C(CC1CCOCC1)C1CCCCCC1. The van der Waals surface area contributed by atoms with Gasteiger partial charge in [0.05, 0.1) is 0 Å². The van der Waals surface area contributed by atoms with Gasteiger partial charge in [0.15, 0.2) is 0 Å². The first-order chi connectivity index (χ1) is 7.86. The van der Waals surface area contributed by atoms with E-state index in [0.717, 1.165) is 45.3 Å². The Hall–Kier alpha value is -0.370. The molecule has 2 heteroatoms. The Bertz CT molecular complexity index is 211. The first kappa shape index (κ1) is 12.1. The van der Waals surface area contributed by atoms with Gasteiger partial charge >= 0.3 is 0 Å². The Balaban J connectivity index is 1.76. The molecule has 1 saturated carbocycles. The Morgan fingerprint density at radius 3 is 2.19 bits per heavy atom. The third-order valence-electron chi connectivity index (χ3n) is 4.14. The third kappa shape index (κ3) is 3.58. The van der Waals surface area contributed by atoms with Crippen molar-refractivity contribution in [3.63, 3.8) is 0 Å². The standard InChI is InChI=1S/C14H24O2/c15-14(11-12-7-9-16-10-8-12)13-5-3-1-2-4-6-13/h12-13H,1-11H2. The predicted octanol–water partition coefficient (Wildman–Crippen LogP) is 3.34. The molecule has 0 aromatic rings. The van der Waals surface area contributed by atoms with Crippen LogP contribution in [-0.4, -0.2) is 19.0 Å². The molecule has 0 atom stereocenters. The Morgan fingerprint density at radius 2 is 1.56 bits per heavy atom. The molecule has 16 heavy (non-hydrogen) atoms. The lowest BCUT2D eigenvalue weighted by Gasteiger charge is -2.23. The minimum Gasteiger partial charge on any atom is -0.381 e. The summed E-state index contributed by atoms with van der Waals surface area (Å²) in [4.78, 5) is 12.2. The third-order valence-corrected chi connectivity index (χ3v) is 4.14. The van der Waals surface area contributed by atoms with Gasteiger partial charge in [0, 0.05) is 25.6 Å². The van der Waals surface area contributed by atoms with Crippen LogP contribution in [0.1, 0.15) is 57.8 Å². The van der Waals surface area contributed by atoms with Gasteiger partial charge in [0.2, 0.25) is 0 Å². The Morgan fingerprint density at radius 1 is 0.938 bits per heavy atom. The lowest BCUT2D eigenvalue weighted by Crippen LogP contribution is -2.22. The summed E-state index contributed by atoms with van der Waals surface area (Å²) in [5.41, 5.74) is 0. The number of hydrogen-bond donors (Lipinski definition) is 0. The number of ether oxygens (including phenoxy) is 1. The second kappa shape index (κ2) is 6.39. The van der Waals surface area contributed by atoms with Crippen molar-refractivity contribution < 1.29 is 9.53 Å². The lowest BCUT2D eigenvalue weighted by atomic mass is 9.86. The maximum atomic E-state index is 12.2. The highest BCUT2D eigenvalue weighted by Crippen LogP contribution is 2.27. The Kier molecular flexibility index (Phi) is 4.83. The summed E-state index contributed by atoms with van der Waals surface area (Å²) in [6.07, 6.45) is 10.5. The molecule has 0 spiro atoms. The molecule has 2 aliphatic rings. The van der Waals surface area contributed by atoms with E-state index in [1.807, 2.05) is 0 Å². The summed E-state index contributed by atoms with van der Waals surface area (Å²) >= 11 is 0. The normalized spacial score (nSPS) is 25.2. The summed E-state index contributed by atoms with van der Waals surface area (Å²) < 4.78 is 5.34. The molecule has 1 aliphatic heterocycles. The molecular formula is C14H24O2. The molecule has 2 nitrogen and oxygen atoms in total. The fraction of sp³-hybridized carbons (Fsp3) is 0.929. The Labute approximate surface area is 98.7 Å². The van der Waals surface area contributed by atoms with E-state index in [2.05, 4.69) is 0 Å². The van der Waals surface area contributed by atoms with Crippen molar-refractivity contribution in [2.24, 2.45) is 11.8 Å². The van der Waals surface area contributed by atoms with Gasteiger partial charge in [-0.3, -0.25) is 4.79 Å². The van der Waals surface area contributed by atoms with Crippen molar-refractivity contribution >= 4 is 5.78 Å². The van der Waals surface area contributed by atoms with E-state index in [1.54, 1.807) is 0 Å². The highest BCUT2D eigenvalue weighted by molar-refractivity contribution is 5.81. The fourth-order valence-electron chi connectivity index (χ4n) is 3.00.